The minimum atomic E-state index is -4.41. The number of halogens is 3. The minimum Gasteiger partial charge on any atom is -0.489 e. The number of benzene rings is 2. The predicted octanol–water partition coefficient (Wildman–Crippen LogP) is 3.63. The van der Waals surface area contributed by atoms with Crippen molar-refractivity contribution in [2.24, 2.45) is 5.73 Å². The van der Waals surface area contributed by atoms with Gasteiger partial charge in [0.25, 0.3) is 0 Å². The van der Waals surface area contributed by atoms with Gasteiger partial charge in [-0.3, -0.25) is 0 Å². The van der Waals surface area contributed by atoms with E-state index in [0.717, 1.165) is 11.8 Å². The monoisotopic (exact) mass is 362 g/mol. The second-order valence-electron chi connectivity index (χ2n) is 5.69. The van der Waals surface area contributed by atoms with Crippen molar-refractivity contribution in [1.82, 2.24) is 14.8 Å². The van der Waals surface area contributed by atoms with Gasteiger partial charge in [0.15, 0.2) is 5.82 Å². The smallest absolute Gasteiger partial charge is 0.416 e. The number of hydrogen-bond donors (Lipinski definition) is 1. The molecule has 2 N–H and O–H groups in total. The highest BCUT2D eigenvalue weighted by Crippen LogP contribution is 2.33. The molecule has 0 radical (unpaired) electrons. The highest BCUT2D eigenvalue weighted by molar-refractivity contribution is 5.38. The molecule has 0 amide bonds. The van der Waals surface area contributed by atoms with Crippen LogP contribution in [0.25, 0.3) is 5.69 Å². The third kappa shape index (κ3) is 3.85. The van der Waals surface area contributed by atoms with Crippen molar-refractivity contribution in [3.63, 3.8) is 0 Å². The van der Waals surface area contributed by atoms with Gasteiger partial charge in [0.05, 0.1) is 17.8 Å². The Morgan fingerprint density at radius 2 is 1.85 bits per heavy atom. The Morgan fingerprint density at radius 3 is 2.46 bits per heavy atom. The zero-order valence-electron chi connectivity index (χ0n) is 14.0. The van der Waals surface area contributed by atoms with Crippen molar-refractivity contribution in [3.05, 3.63) is 71.3 Å². The van der Waals surface area contributed by atoms with Crippen LogP contribution in [0.1, 0.15) is 22.5 Å². The lowest BCUT2D eigenvalue weighted by Crippen LogP contribution is -2.12. The van der Waals surface area contributed by atoms with Crippen molar-refractivity contribution >= 4 is 0 Å². The zero-order valence-corrected chi connectivity index (χ0v) is 14.0. The lowest BCUT2D eigenvalue weighted by Gasteiger charge is -2.16. The Labute approximate surface area is 148 Å². The quantitative estimate of drug-likeness (QED) is 0.753. The van der Waals surface area contributed by atoms with Gasteiger partial charge in [-0.15, -0.1) is 5.10 Å². The van der Waals surface area contributed by atoms with Gasteiger partial charge in [-0.25, -0.2) is 9.67 Å². The standard InChI is InChI=1S/C18H17F3N4O/c1-12-3-2-4-16(18(19,20)21)15(12)10-26-14-7-5-13(6-8-14)25-11-23-17(9-22)24-25/h2-8,11H,9-10,22H2,1H3. The van der Waals surface area contributed by atoms with E-state index in [9.17, 15) is 13.2 Å². The van der Waals surface area contributed by atoms with Crippen LogP contribution in [0.2, 0.25) is 0 Å². The second kappa shape index (κ2) is 7.17. The molecule has 0 aliphatic heterocycles. The first-order chi connectivity index (χ1) is 12.4. The third-order valence-corrected chi connectivity index (χ3v) is 3.92. The summed E-state index contributed by atoms with van der Waals surface area (Å²) in [7, 11) is 0. The van der Waals surface area contributed by atoms with Gasteiger partial charge in [-0.2, -0.15) is 13.2 Å². The van der Waals surface area contributed by atoms with Crippen LogP contribution in [-0.2, 0) is 19.3 Å². The molecule has 0 unspecified atom stereocenters. The highest BCUT2D eigenvalue weighted by atomic mass is 19.4. The maximum atomic E-state index is 13.1. The maximum absolute atomic E-state index is 13.1. The van der Waals surface area contributed by atoms with Crippen LogP contribution in [0.3, 0.4) is 0 Å². The van der Waals surface area contributed by atoms with Crippen LogP contribution in [0.4, 0.5) is 13.2 Å². The molecule has 0 fully saturated rings. The first-order valence-corrected chi connectivity index (χ1v) is 7.88. The Kier molecular flexibility index (Phi) is 4.94. The van der Waals surface area contributed by atoms with Crippen LogP contribution in [0.15, 0.2) is 48.8 Å². The topological polar surface area (TPSA) is 66.0 Å². The summed E-state index contributed by atoms with van der Waals surface area (Å²) in [6.07, 6.45) is -2.87. The fourth-order valence-corrected chi connectivity index (χ4v) is 2.53. The highest BCUT2D eigenvalue weighted by Gasteiger charge is 2.33. The SMILES string of the molecule is Cc1cccc(C(F)(F)F)c1COc1ccc(-n2cnc(CN)n2)cc1. The number of hydrogen-bond acceptors (Lipinski definition) is 4. The Balaban J connectivity index is 1.75. The molecule has 0 aliphatic carbocycles. The number of nitrogens with zero attached hydrogens (tertiary/aromatic N) is 3. The van der Waals surface area contributed by atoms with E-state index in [-0.39, 0.29) is 18.7 Å². The van der Waals surface area contributed by atoms with E-state index in [4.69, 9.17) is 10.5 Å². The molecule has 8 heteroatoms. The third-order valence-electron chi connectivity index (χ3n) is 3.92. The fraction of sp³-hybridized carbons (Fsp3) is 0.222. The predicted molar refractivity (Wildman–Crippen MR) is 89.8 cm³/mol. The minimum absolute atomic E-state index is 0.132. The molecule has 136 valence electrons. The molecule has 0 aliphatic rings. The molecule has 1 aromatic heterocycles. The van der Waals surface area contributed by atoms with Gasteiger partial charge in [0.1, 0.15) is 18.7 Å². The average Bonchev–Trinajstić information content (AvgIpc) is 3.09. The molecule has 2 aromatic carbocycles. The van der Waals surface area contributed by atoms with Crippen molar-refractivity contribution < 1.29 is 17.9 Å². The van der Waals surface area contributed by atoms with E-state index in [0.29, 0.717) is 17.1 Å². The first-order valence-electron chi connectivity index (χ1n) is 7.88. The van der Waals surface area contributed by atoms with Gasteiger partial charge in [-0.1, -0.05) is 12.1 Å². The average molecular weight is 362 g/mol. The van der Waals surface area contributed by atoms with Gasteiger partial charge >= 0.3 is 6.18 Å². The molecule has 1 heterocycles. The van der Waals surface area contributed by atoms with Gasteiger partial charge < -0.3 is 10.5 Å². The maximum Gasteiger partial charge on any atom is 0.416 e. The lowest BCUT2D eigenvalue weighted by atomic mass is 10.0. The summed E-state index contributed by atoms with van der Waals surface area (Å²) in [4.78, 5) is 4.04. The summed E-state index contributed by atoms with van der Waals surface area (Å²) >= 11 is 0. The van der Waals surface area contributed by atoms with E-state index in [1.807, 2.05) is 0 Å². The van der Waals surface area contributed by atoms with E-state index in [1.54, 1.807) is 48.3 Å². The van der Waals surface area contributed by atoms with E-state index in [2.05, 4.69) is 10.1 Å². The molecule has 0 bridgehead atoms. The molecule has 26 heavy (non-hydrogen) atoms. The van der Waals surface area contributed by atoms with E-state index >= 15 is 0 Å². The van der Waals surface area contributed by atoms with Crippen molar-refractivity contribution in [3.8, 4) is 11.4 Å². The normalized spacial score (nSPS) is 11.6. The number of nitrogens with two attached hydrogens (primary N) is 1. The van der Waals surface area contributed by atoms with E-state index < -0.39 is 11.7 Å². The summed E-state index contributed by atoms with van der Waals surface area (Å²) in [6.45, 7) is 1.71. The van der Waals surface area contributed by atoms with Gasteiger partial charge in [-0.05, 0) is 42.8 Å². The Hall–Kier alpha value is -2.87. The number of ether oxygens (including phenoxy) is 1. The number of alkyl halides is 3. The zero-order chi connectivity index (χ0) is 18.7. The van der Waals surface area contributed by atoms with Gasteiger partial charge in [0, 0.05) is 5.56 Å². The summed E-state index contributed by atoms with van der Waals surface area (Å²) in [5, 5.41) is 4.19. The van der Waals surface area contributed by atoms with Crippen molar-refractivity contribution in [2.45, 2.75) is 26.3 Å². The molecule has 0 saturated carbocycles. The van der Waals surface area contributed by atoms with Crippen LogP contribution >= 0.6 is 0 Å². The largest absolute Gasteiger partial charge is 0.489 e. The van der Waals surface area contributed by atoms with Gasteiger partial charge in [0.2, 0.25) is 0 Å². The molecular weight excluding hydrogens is 345 g/mol. The van der Waals surface area contributed by atoms with Crippen LogP contribution in [-0.4, -0.2) is 14.8 Å². The molecule has 3 rings (SSSR count). The molecule has 0 spiro atoms. The second-order valence-corrected chi connectivity index (χ2v) is 5.69. The van der Waals surface area contributed by atoms with E-state index in [1.165, 1.54) is 6.07 Å². The first kappa shape index (κ1) is 17.9. The Morgan fingerprint density at radius 1 is 1.12 bits per heavy atom. The van der Waals surface area contributed by atoms with Crippen LogP contribution < -0.4 is 10.5 Å². The summed E-state index contributed by atoms with van der Waals surface area (Å²) < 4.78 is 46.6. The summed E-state index contributed by atoms with van der Waals surface area (Å²) in [6, 6.07) is 10.9. The summed E-state index contributed by atoms with van der Waals surface area (Å²) in [5.41, 5.74) is 6.22. The lowest BCUT2D eigenvalue weighted by molar-refractivity contribution is -0.138. The van der Waals surface area contributed by atoms with Crippen molar-refractivity contribution in [2.75, 3.05) is 0 Å². The molecule has 0 saturated heterocycles. The summed E-state index contributed by atoms with van der Waals surface area (Å²) in [5.74, 6) is 0.980. The fourth-order valence-electron chi connectivity index (χ4n) is 2.53. The molecule has 0 atom stereocenters. The van der Waals surface area contributed by atoms with Crippen LogP contribution in [0, 0.1) is 6.92 Å². The van der Waals surface area contributed by atoms with Crippen molar-refractivity contribution in [1.29, 1.82) is 0 Å². The number of aromatic nitrogens is 3. The molecule has 5 nitrogen and oxygen atoms in total. The Bertz CT molecular complexity index is 888. The number of rotatable bonds is 5. The van der Waals surface area contributed by atoms with Crippen LogP contribution in [0.5, 0.6) is 5.75 Å². The molecule has 3 aromatic rings. The molecular formula is C18H17F3N4O. The number of aryl methyl sites for hydroxylation is 1.